The minimum atomic E-state index is -4.24. The van der Waals surface area contributed by atoms with E-state index in [-0.39, 0.29) is 12.6 Å². The molecule has 1 unspecified atom stereocenters. The molecule has 0 aliphatic heterocycles. The van der Waals surface area contributed by atoms with Crippen molar-refractivity contribution in [2.75, 3.05) is 19.8 Å². The molecule has 0 radical (unpaired) electrons. The van der Waals surface area contributed by atoms with Crippen molar-refractivity contribution in [1.29, 1.82) is 0 Å². The van der Waals surface area contributed by atoms with Crippen LogP contribution in [0.25, 0.3) is 0 Å². The van der Waals surface area contributed by atoms with Crippen LogP contribution in [0.2, 0.25) is 0 Å². The van der Waals surface area contributed by atoms with E-state index in [4.69, 9.17) is 0 Å². The van der Waals surface area contributed by atoms with Crippen molar-refractivity contribution in [3.8, 4) is 0 Å². The van der Waals surface area contributed by atoms with Crippen LogP contribution in [-0.4, -0.2) is 30.9 Å². The number of pyridine rings is 1. The van der Waals surface area contributed by atoms with Crippen molar-refractivity contribution in [1.82, 2.24) is 10.3 Å². The molecular weight excluding hydrogens is 245 g/mol. The van der Waals surface area contributed by atoms with E-state index in [0.29, 0.717) is 13.0 Å². The smallest absolute Gasteiger partial charge is 0.372 e. The maximum absolute atomic E-state index is 11.8. The van der Waals surface area contributed by atoms with Gasteiger partial charge in [-0.1, -0.05) is 0 Å². The maximum Gasteiger partial charge on any atom is 0.411 e. The number of rotatable bonds is 7. The third kappa shape index (κ3) is 6.56. The monoisotopic (exact) mass is 262 g/mol. The highest BCUT2D eigenvalue weighted by Crippen LogP contribution is 2.14. The predicted molar refractivity (Wildman–Crippen MR) is 62.1 cm³/mol. The van der Waals surface area contributed by atoms with Crippen LogP contribution in [-0.2, 0) is 4.74 Å². The van der Waals surface area contributed by atoms with Gasteiger partial charge >= 0.3 is 6.18 Å². The lowest BCUT2D eigenvalue weighted by Crippen LogP contribution is -2.22. The van der Waals surface area contributed by atoms with Gasteiger partial charge in [-0.05, 0) is 37.6 Å². The molecule has 0 fully saturated rings. The summed E-state index contributed by atoms with van der Waals surface area (Å²) < 4.78 is 39.8. The Morgan fingerprint density at radius 1 is 1.33 bits per heavy atom. The molecule has 0 aliphatic carbocycles. The van der Waals surface area contributed by atoms with Crippen molar-refractivity contribution >= 4 is 0 Å². The summed E-state index contributed by atoms with van der Waals surface area (Å²) in [5.41, 5.74) is 1.10. The molecule has 0 aliphatic rings. The third-order valence-electron chi connectivity index (χ3n) is 2.39. The number of halogens is 3. The summed E-state index contributed by atoms with van der Waals surface area (Å²) in [6, 6.07) is 3.95. The van der Waals surface area contributed by atoms with Crippen LogP contribution in [0, 0.1) is 0 Å². The van der Waals surface area contributed by atoms with Crippen LogP contribution in [0.1, 0.15) is 24.9 Å². The van der Waals surface area contributed by atoms with Crippen molar-refractivity contribution in [2.24, 2.45) is 0 Å². The Bertz CT molecular complexity index is 330. The topological polar surface area (TPSA) is 34.1 Å². The molecule has 1 aromatic heterocycles. The zero-order chi connectivity index (χ0) is 13.4. The normalized spacial score (nSPS) is 13.6. The fraction of sp³-hybridized carbons (Fsp3) is 0.583. The van der Waals surface area contributed by atoms with E-state index in [1.165, 1.54) is 0 Å². The summed E-state index contributed by atoms with van der Waals surface area (Å²) in [5.74, 6) is 0. The molecule has 1 aromatic rings. The fourth-order valence-corrected chi connectivity index (χ4v) is 1.45. The summed E-state index contributed by atoms with van der Waals surface area (Å²) in [6.45, 7) is 1.54. The number of ether oxygens (including phenoxy) is 1. The van der Waals surface area contributed by atoms with Gasteiger partial charge in [-0.25, -0.2) is 0 Å². The van der Waals surface area contributed by atoms with Gasteiger partial charge in [0, 0.05) is 25.0 Å². The molecule has 1 atom stereocenters. The van der Waals surface area contributed by atoms with Gasteiger partial charge in [0.2, 0.25) is 0 Å². The maximum atomic E-state index is 11.8. The molecule has 0 aromatic carbocycles. The zero-order valence-electron chi connectivity index (χ0n) is 10.2. The van der Waals surface area contributed by atoms with Gasteiger partial charge in [0.25, 0.3) is 0 Å². The average Bonchev–Trinajstić information content (AvgIpc) is 2.33. The fourth-order valence-electron chi connectivity index (χ4n) is 1.45. The van der Waals surface area contributed by atoms with E-state index in [0.717, 1.165) is 5.56 Å². The Morgan fingerprint density at radius 2 is 2.00 bits per heavy atom. The standard InChI is InChI=1S/C12H17F3N2O/c1-10(11-3-6-16-7-4-11)17-5-2-8-18-9-12(13,14)15/h3-4,6-7,10,17H,2,5,8-9H2,1H3. The summed E-state index contributed by atoms with van der Waals surface area (Å²) in [4.78, 5) is 3.92. The van der Waals surface area contributed by atoms with Crippen LogP contribution < -0.4 is 5.32 Å². The number of nitrogens with one attached hydrogen (secondary N) is 1. The van der Waals surface area contributed by atoms with E-state index in [9.17, 15) is 13.2 Å². The first-order valence-electron chi connectivity index (χ1n) is 5.77. The lowest BCUT2D eigenvalue weighted by Gasteiger charge is -2.14. The van der Waals surface area contributed by atoms with Crippen LogP contribution in [0.5, 0.6) is 0 Å². The number of alkyl halides is 3. The van der Waals surface area contributed by atoms with Gasteiger partial charge in [0.05, 0.1) is 0 Å². The number of hydrogen-bond donors (Lipinski definition) is 1. The van der Waals surface area contributed by atoms with E-state index in [2.05, 4.69) is 15.0 Å². The van der Waals surface area contributed by atoms with Crippen LogP contribution in [0.15, 0.2) is 24.5 Å². The Kier molecular flexibility index (Phi) is 6.07. The van der Waals surface area contributed by atoms with E-state index in [1.807, 2.05) is 19.1 Å². The first-order valence-corrected chi connectivity index (χ1v) is 5.77. The quantitative estimate of drug-likeness (QED) is 0.767. The van der Waals surface area contributed by atoms with Crippen molar-refractivity contribution in [3.05, 3.63) is 30.1 Å². The molecule has 0 spiro atoms. The predicted octanol–water partition coefficient (Wildman–Crippen LogP) is 2.70. The van der Waals surface area contributed by atoms with Gasteiger partial charge < -0.3 is 10.1 Å². The Morgan fingerprint density at radius 3 is 2.61 bits per heavy atom. The minimum Gasteiger partial charge on any atom is -0.372 e. The average molecular weight is 262 g/mol. The molecular formula is C12H17F3N2O. The van der Waals surface area contributed by atoms with E-state index in [1.54, 1.807) is 12.4 Å². The van der Waals surface area contributed by atoms with Crippen molar-refractivity contribution in [3.63, 3.8) is 0 Å². The Balaban J connectivity index is 2.08. The van der Waals surface area contributed by atoms with Crippen LogP contribution in [0.3, 0.4) is 0 Å². The highest BCUT2D eigenvalue weighted by atomic mass is 19.4. The minimum absolute atomic E-state index is 0.107. The Labute approximate surface area is 104 Å². The second-order valence-electron chi connectivity index (χ2n) is 3.98. The second kappa shape index (κ2) is 7.33. The number of aromatic nitrogens is 1. The van der Waals surface area contributed by atoms with Gasteiger partial charge in [-0.2, -0.15) is 13.2 Å². The van der Waals surface area contributed by atoms with Crippen molar-refractivity contribution in [2.45, 2.75) is 25.6 Å². The van der Waals surface area contributed by atoms with Gasteiger partial charge in [-0.15, -0.1) is 0 Å². The lowest BCUT2D eigenvalue weighted by atomic mass is 10.1. The largest absolute Gasteiger partial charge is 0.411 e. The molecule has 1 N–H and O–H groups in total. The third-order valence-corrected chi connectivity index (χ3v) is 2.39. The summed E-state index contributed by atoms with van der Waals surface area (Å²) >= 11 is 0. The second-order valence-corrected chi connectivity index (χ2v) is 3.98. The Hall–Kier alpha value is -1.14. The van der Waals surface area contributed by atoms with Gasteiger partial charge in [0.1, 0.15) is 6.61 Å². The molecule has 6 heteroatoms. The highest BCUT2D eigenvalue weighted by molar-refractivity contribution is 5.13. The number of hydrogen-bond acceptors (Lipinski definition) is 3. The molecule has 0 saturated heterocycles. The molecule has 3 nitrogen and oxygen atoms in total. The first-order chi connectivity index (χ1) is 8.49. The van der Waals surface area contributed by atoms with E-state index >= 15 is 0 Å². The molecule has 0 bridgehead atoms. The molecule has 0 saturated carbocycles. The van der Waals surface area contributed by atoms with Crippen LogP contribution in [0.4, 0.5) is 13.2 Å². The zero-order valence-corrected chi connectivity index (χ0v) is 10.2. The van der Waals surface area contributed by atoms with Crippen molar-refractivity contribution < 1.29 is 17.9 Å². The van der Waals surface area contributed by atoms with Gasteiger partial charge in [0.15, 0.2) is 0 Å². The molecule has 18 heavy (non-hydrogen) atoms. The SMILES string of the molecule is CC(NCCCOCC(F)(F)F)c1ccncc1. The molecule has 0 amide bonds. The summed E-state index contributed by atoms with van der Waals surface area (Å²) in [5, 5.41) is 3.21. The first kappa shape index (κ1) is 14.9. The summed E-state index contributed by atoms with van der Waals surface area (Å²) in [6.07, 6.45) is -0.275. The van der Waals surface area contributed by atoms with Gasteiger partial charge in [-0.3, -0.25) is 4.98 Å². The molecule has 1 rings (SSSR count). The molecule has 1 heterocycles. The van der Waals surface area contributed by atoms with Crippen LogP contribution >= 0.6 is 0 Å². The molecule has 102 valence electrons. The lowest BCUT2D eigenvalue weighted by molar-refractivity contribution is -0.173. The highest BCUT2D eigenvalue weighted by Gasteiger charge is 2.27. The number of nitrogens with zero attached hydrogens (tertiary/aromatic N) is 1. The van der Waals surface area contributed by atoms with E-state index < -0.39 is 12.8 Å². The summed E-state index contributed by atoms with van der Waals surface area (Å²) in [7, 11) is 0.